The van der Waals surface area contributed by atoms with E-state index in [0.29, 0.717) is 22.5 Å². The lowest BCUT2D eigenvalue weighted by atomic mass is 9.99. The molecular weight excluding hydrogens is 368 g/mol. The van der Waals surface area contributed by atoms with E-state index in [1.165, 1.54) is 6.07 Å². The largest absolute Gasteiger partial charge is 0.505 e. The van der Waals surface area contributed by atoms with Crippen molar-refractivity contribution in [2.24, 2.45) is 0 Å². The van der Waals surface area contributed by atoms with Crippen molar-refractivity contribution in [1.82, 2.24) is 9.97 Å². The number of fused-ring (bicyclic) bond motifs is 1. The van der Waals surface area contributed by atoms with Crippen LogP contribution >= 0.6 is 0 Å². The van der Waals surface area contributed by atoms with E-state index in [9.17, 15) is 15.2 Å². The van der Waals surface area contributed by atoms with Crippen molar-refractivity contribution in [2.75, 3.05) is 5.32 Å². The van der Waals surface area contributed by atoms with Crippen LogP contribution in [0.15, 0.2) is 73.1 Å². The predicted octanol–water partition coefficient (Wildman–Crippen LogP) is 4.75. The van der Waals surface area contributed by atoms with E-state index < -0.39 is 11.0 Å². The molecule has 0 saturated heterocycles. The molecule has 144 valence electrons. The first kappa shape index (κ1) is 18.4. The number of aryl methyl sites for hydroxylation is 1. The molecule has 4 aromatic rings. The van der Waals surface area contributed by atoms with Gasteiger partial charge in [-0.15, -0.1) is 0 Å². The minimum absolute atomic E-state index is 0.0148. The summed E-state index contributed by atoms with van der Waals surface area (Å²) >= 11 is 0. The predicted molar refractivity (Wildman–Crippen MR) is 111 cm³/mol. The van der Waals surface area contributed by atoms with Crippen LogP contribution in [-0.2, 0) is 0 Å². The van der Waals surface area contributed by atoms with E-state index in [4.69, 9.17) is 0 Å². The van der Waals surface area contributed by atoms with Gasteiger partial charge in [0, 0.05) is 29.4 Å². The van der Waals surface area contributed by atoms with Crippen LogP contribution in [0.3, 0.4) is 0 Å². The monoisotopic (exact) mass is 386 g/mol. The molecule has 2 aromatic heterocycles. The quantitative estimate of drug-likeness (QED) is 0.379. The second-order valence-corrected chi connectivity index (χ2v) is 6.69. The summed E-state index contributed by atoms with van der Waals surface area (Å²) in [4.78, 5) is 19.8. The zero-order valence-corrected chi connectivity index (χ0v) is 15.6. The lowest BCUT2D eigenvalue weighted by Gasteiger charge is -2.21. The fourth-order valence-corrected chi connectivity index (χ4v) is 3.31. The van der Waals surface area contributed by atoms with E-state index >= 15 is 0 Å². The van der Waals surface area contributed by atoms with Gasteiger partial charge in [0.25, 0.3) is 5.69 Å². The summed E-state index contributed by atoms with van der Waals surface area (Å²) in [5.74, 6) is 0.0148. The second kappa shape index (κ2) is 7.55. The van der Waals surface area contributed by atoms with Gasteiger partial charge in [-0.1, -0.05) is 30.3 Å². The number of nitrogens with zero attached hydrogens (tertiary/aromatic N) is 3. The van der Waals surface area contributed by atoms with Crippen LogP contribution < -0.4 is 5.32 Å². The number of aromatic nitrogens is 2. The molecule has 0 aliphatic rings. The summed E-state index contributed by atoms with van der Waals surface area (Å²) < 4.78 is 0. The normalized spacial score (nSPS) is 11.9. The number of hydrogen-bond donors (Lipinski definition) is 2. The van der Waals surface area contributed by atoms with Gasteiger partial charge >= 0.3 is 0 Å². The lowest BCUT2D eigenvalue weighted by Crippen LogP contribution is -2.15. The van der Waals surface area contributed by atoms with E-state index in [1.54, 1.807) is 55.7 Å². The Labute approximate surface area is 166 Å². The van der Waals surface area contributed by atoms with Gasteiger partial charge in [0.1, 0.15) is 17.0 Å². The highest BCUT2D eigenvalue weighted by atomic mass is 16.6. The molecule has 1 unspecified atom stereocenters. The number of nitro benzene ring substituents is 1. The molecule has 7 nitrogen and oxygen atoms in total. The van der Waals surface area contributed by atoms with Gasteiger partial charge in [0.15, 0.2) is 0 Å². The van der Waals surface area contributed by atoms with Crippen molar-refractivity contribution in [1.29, 1.82) is 0 Å². The standard InChI is InChI=1S/C22H18N4O3/c1-14-7-10-17(19(13-14)26(28)29)25-21(18-6-2-3-11-23-18)16-9-8-15-5-4-12-24-20(15)22(16)27/h2-13,21,25,27H,1H3. The van der Waals surface area contributed by atoms with E-state index in [2.05, 4.69) is 15.3 Å². The first-order chi connectivity index (χ1) is 14.0. The Hall–Kier alpha value is -4.00. The van der Waals surface area contributed by atoms with E-state index in [1.807, 2.05) is 18.2 Å². The summed E-state index contributed by atoms with van der Waals surface area (Å²) in [6.07, 6.45) is 3.25. The van der Waals surface area contributed by atoms with Gasteiger partial charge in [-0.3, -0.25) is 20.1 Å². The zero-order chi connectivity index (χ0) is 20.4. The van der Waals surface area contributed by atoms with Gasteiger partial charge in [-0.05, 0) is 36.8 Å². The number of phenols is 1. The fraction of sp³-hybridized carbons (Fsp3) is 0.0909. The summed E-state index contributed by atoms with van der Waals surface area (Å²) in [5.41, 5.74) is 2.71. The number of hydrogen-bond acceptors (Lipinski definition) is 6. The third-order valence-corrected chi connectivity index (χ3v) is 4.72. The molecule has 0 bridgehead atoms. The first-order valence-electron chi connectivity index (χ1n) is 9.03. The summed E-state index contributed by atoms with van der Waals surface area (Å²) in [7, 11) is 0. The van der Waals surface area contributed by atoms with Crippen LogP contribution in [0.4, 0.5) is 11.4 Å². The molecule has 0 amide bonds. The summed E-state index contributed by atoms with van der Waals surface area (Å²) in [6, 6.07) is 17.1. The SMILES string of the molecule is Cc1ccc(NC(c2ccccn2)c2ccc3cccnc3c2O)c([N+](=O)[O-])c1. The topological polar surface area (TPSA) is 101 Å². The van der Waals surface area contributed by atoms with Gasteiger partial charge in [-0.25, -0.2) is 0 Å². The Bertz CT molecular complexity index is 1200. The van der Waals surface area contributed by atoms with Crippen molar-refractivity contribution in [3.8, 4) is 5.75 Å². The minimum atomic E-state index is -0.607. The molecule has 1 atom stereocenters. The number of pyridine rings is 2. The molecule has 0 aliphatic carbocycles. The number of nitrogens with one attached hydrogen (secondary N) is 1. The highest BCUT2D eigenvalue weighted by molar-refractivity contribution is 5.86. The molecule has 4 rings (SSSR count). The molecule has 2 N–H and O–H groups in total. The molecule has 7 heteroatoms. The van der Waals surface area contributed by atoms with Crippen LogP contribution in [0.2, 0.25) is 0 Å². The Balaban J connectivity index is 1.87. The zero-order valence-electron chi connectivity index (χ0n) is 15.6. The average molecular weight is 386 g/mol. The molecule has 29 heavy (non-hydrogen) atoms. The van der Waals surface area contributed by atoms with Gasteiger partial charge < -0.3 is 10.4 Å². The Morgan fingerprint density at radius 1 is 1.03 bits per heavy atom. The highest BCUT2D eigenvalue weighted by Gasteiger charge is 2.24. The number of benzene rings is 2. The average Bonchev–Trinajstić information content (AvgIpc) is 2.74. The Kier molecular flexibility index (Phi) is 4.78. The second-order valence-electron chi connectivity index (χ2n) is 6.69. The minimum Gasteiger partial charge on any atom is -0.505 e. The fourth-order valence-electron chi connectivity index (χ4n) is 3.31. The molecule has 0 radical (unpaired) electrons. The van der Waals surface area contributed by atoms with Gasteiger partial charge in [-0.2, -0.15) is 0 Å². The summed E-state index contributed by atoms with van der Waals surface area (Å²) in [5, 5.41) is 26.5. The number of phenolic OH excluding ortho intramolecular Hbond substituents is 1. The van der Waals surface area contributed by atoms with Crippen molar-refractivity contribution in [2.45, 2.75) is 13.0 Å². The van der Waals surface area contributed by atoms with Crippen LogP contribution in [0, 0.1) is 17.0 Å². The molecule has 0 aliphatic heterocycles. The van der Waals surface area contributed by atoms with Crippen molar-refractivity contribution < 1.29 is 10.0 Å². The Morgan fingerprint density at radius 2 is 1.86 bits per heavy atom. The number of anilines is 1. The highest BCUT2D eigenvalue weighted by Crippen LogP contribution is 2.37. The Morgan fingerprint density at radius 3 is 2.62 bits per heavy atom. The maximum absolute atomic E-state index is 11.6. The third-order valence-electron chi connectivity index (χ3n) is 4.72. The third kappa shape index (κ3) is 3.58. The molecule has 0 fully saturated rings. The maximum atomic E-state index is 11.6. The molecular formula is C22H18N4O3. The lowest BCUT2D eigenvalue weighted by molar-refractivity contribution is -0.384. The first-order valence-corrected chi connectivity index (χ1v) is 9.03. The van der Waals surface area contributed by atoms with Gasteiger partial charge in [0.2, 0.25) is 0 Å². The maximum Gasteiger partial charge on any atom is 0.292 e. The van der Waals surface area contributed by atoms with Crippen LogP contribution in [-0.4, -0.2) is 20.0 Å². The van der Waals surface area contributed by atoms with Crippen molar-refractivity contribution in [3.63, 3.8) is 0 Å². The smallest absolute Gasteiger partial charge is 0.292 e. The van der Waals surface area contributed by atoms with Crippen molar-refractivity contribution >= 4 is 22.3 Å². The van der Waals surface area contributed by atoms with Crippen LogP contribution in [0.25, 0.3) is 10.9 Å². The van der Waals surface area contributed by atoms with Crippen molar-refractivity contribution in [3.05, 3.63) is 100.0 Å². The van der Waals surface area contributed by atoms with Gasteiger partial charge in [0.05, 0.1) is 16.7 Å². The van der Waals surface area contributed by atoms with E-state index in [-0.39, 0.29) is 11.4 Å². The van der Waals surface area contributed by atoms with Crippen LogP contribution in [0.5, 0.6) is 5.75 Å². The number of aromatic hydroxyl groups is 1. The molecule has 2 aromatic carbocycles. The summed E-state index contributed by atoms with van der Waals surface area (Å²) in [6.45, 7) is 1.80. The number of nitro groups is 1. The van der Waals surface area contributed by atoms with Crippen LogP contribution in [0.1, 0.15) is 22.9 Å². The molecule has 2 heterocycles. The molecule has 0 saturated carbocycles. The molecule has 0 spiro atoms. The number of rotatable bonds is 5. The van der Waals surface area contributed by atoms with E-state index in [0.717, 1.165) is 10.9 Å².